The quantitative estimate of drug-likeness (QED) is 0.684. The second-order valence-electron chi connectivity index (χ2n) is 5.98. The van der Waals surface area contributed by atoms with Crippen LogP contribution in [0.15, 0.2) is 77.4 Å². The third-order valence-corrected chi connectivity index (χ3v) is 4.01. The summed E-state index contributed by atoms with van der Waals surface area (Å²) in [5.74, 6) is 0.827. The van der Waals surface area contributed by atoms with Crippen molar-refractivity contribution in [2.45, 2.75) is 19.4 Å². The van der Waals surface area contributed by atoms with Gasteiger partial charge >= 0.3 is 0 Å². The second kappa shape index (κ2) is 8.31. The lowest BCUT2D eigenvalue weighted by Crippen LogP contribution is -2.34. The van der Waals surface area contributed by atoms with Crippen LogP contribution in [0.1, 0.15) is 22.9 Å². The average Bonchev–Trinajstić information content (AvgIpc) is 3.15. The number of hydrogen-bond acceptors (Lipinski definition) is 3. The molecule has 25 heavy (non-hydrogen) atoms. The Labute approximate surface area is 147 Å². The molecule has 128 valence electrons. The largest absolute Gasteiger partial charge is 0.469 e. The Bertz CT molecular complexity index is 781. The molecule has 0 saturated heterocycles. The Kier molecular flexibility index (Phi) is 5.65. The van der Waals surface area contributed by atoms with Crippen molar-refractivity contribution in [2.24, 2.45) is 0 Å². The van der Waals surface area contributed by atoms with Crippen LogP contribution in [0.5, 0.6) is 0 Å². The molecule has 3 aromatic rings. The first-order valence-electron chi connectivity index (χ1n) is 8.40. The molecule has 1 heterocycles. The average molecular weight is 334 g/mol. The molecule has 0 spiro atoms. The predicted octanol–water partition coefficient (Wildman–Crippen LogP) is 4.10. The standard InChI is InChI=1S/C21H22N2O2/c1-16-9-11-18(12-10-16)23-21(24)20(17-6-3-2-4-7-17)22-14-13-19-8-5-15-25-19/h2-12,15,20,22H,13-14H2,1H3,(H,23,24)/t20-/m1/s1. The van der Waals surface area contributed by atoms with Crippen LogP contribution in [-0.4, -0.2) is 12.5 Å². The van der Waals surface area contributed by atoms with Gasteiger partial charge < -0.3 is 15.1 Å². The van der Waals surface area contributed by atoms with Crippen LogP contribution in [0.3, 0.4) is 0 Å². The minimum absolute atomic E-state index is 0.0745. The van der Waals surface area contributed by atoms with Crippen LogP contribution in [0.25, 0.3) is 0 Å². The van der Waals surface area contributed by atoms with Crippen molar-refractivity contribution in [3.8, 4) is 0 Å². The lowest BCUT2D eigenvalue weighted by atomic mass is 10.1. The Morgan fingerprint density at radius 3 is 2.44 bits per heavy atom. The normalized spacial score (nSPS) is 11.9. The highest BCUT2D eigenvalue weighted by molar-refractivity contribution is 5.95. The third-order valence-electron chi connectivity index (χ3n) is 4.01. The summed E-state index contributed by atoms with van der Waals surface area (Å²) in [6.07, 6.45) is 2.39. The number of amides is 1. The number of benzene rings is 2. The molecule has 1 amide bonds. The maximum Gasteiger partial charge on any atom is 0.246 e. The highest BCUT2D eigenvalue weighted by atomic mass is 16.3. The summed E-state index contributed by atoms with van der Waals surface area (Å²) >= 11 is 0. The van der Waals surface area contributed by atoms with Crippen molar-refractivity contribution in [1.82, 2.24) is 5.32 Å². The lowest BCUT2D eigenvalue weighted by molar-refractivity contribution is -0.118. The zero-order valence-electron chi connectivity index (χ0n) is 14.2. The maximum absolute atomic E-state index is 12.8. The van der Waals surface area contributed by atoms with Crippen molar-refractivity contribution < 1.29 is 9.21 Å². The molecule has 2 aromatic carbocycles. The number of carbonyl (C=O) groups is 1. The number of hydrogen-bond donors (Lipinski definition) is 2. The Morgan fingerprint density at radius 2 is 1.76 bits per heavy atom. The van der Waals surface area contributed by atoms with E-state index in [4.69, 9.17) is 4.42 Å². The Morgan fingerprint density at radius 1 is 1.00 bits per heavy atom. The van der Waals surface area contributed by atoms with E-state index in [2.05, 4.69) is 10.6 Å². The van der Waals surface area contributed by atoms with Crippen molar-refractivity contribution in [3.05, 3.63) is 89.9 Å². The van der Waals surface area contributed by atoms with Gasteiger partial charge in [0.1, 0.15) is 11.8 Å². The summed E-state index contributed by atoms with van der Waals surface area (Å²) in [5.41, 5.74) is 2.89. The summed E-state index contributed by atoms with van der Waals surface area (Å²) < 4.78 is 5.35. The Balaban J connectivity index is 1.68. The minimum atomic E-state index is -0.419. The zero-order chi connectivity index (χ0) is 17.5. The molecule has 0 bridgehead atoms. The molecular weight excluding hydrogens is 312 g/mol. The van der Waals surface area contributed by atoms with Crippen LogP contribution in [-0.2, 0) is 11.2 Å². The fourth-order valence-corrected chi connectivity index (χ4v) is 2.65. The van der Waals surface area contributed by atoms with E-state index >= 15 is 0 Å². The molecule has 4 nitrogen and oxygen atoms in total. The molecule has 4 heteroatoms. The van der Waals surface area contributed by atoms with Crippen molar-refractivity contribution in [3.63, 3.8) is 0 Å². The van der Waals surface area contributed by atoms with E-state index in [0.717, 1.165) is 29.0 Å². The van der Waals surface area contributed by atoms with Gasteiger partial charge in [0, 0.05) is 18.7 Å². The molecule has 0 aliphatic heterocycles. The molecule has 0 unspecified atom stereocenters. The number of rotatable bonds is 7. The number of carbonyl (C=O) groups excluding carboxylic acids is 1. The monoisotopic (exact) mass is 334 g/mol. The molecule has 0 fully saturated rings. The highest BCUT2D eigenvalue weighted by Gasteiger charge is 2.20. The van der Waals surface area contributed by atoms with E-state index in [1.807, 2.05) is 73.7 Å². The summed E-state index contributed by atoms with van der Waals surface area (Å²) in [7, 11) is 0. The van der Waals surface area contributed by atoms with E-state index in [9.17, 15) is 4.79 Å². The molecule has 3 rings (SSSR count). The van der Waals surface area contributed by atoms with Gasteiger partial charge in [0.05, 0.1) is 6.26 Å². The van der Waals surface area contributed by atoms with Crippen LogP contribution in [0.4, 0.5) is 5.69 Å². The number of furan rings is 1. The molecule has 0 radical (unpaired) electrons. The number of anilines is 1. The fraction of sp³-hybridized carbons (Fsp3) is 0.190. The van der Waals surface area contributed by atoms with E-state index in [0.29, 0.717) is 6.54 Å². The molecule has 0 saturated carbocycles. The first kappa shape index (κ1) is 17.0. The van der Waals surface area contributed by atoms with Gasteiger partial charge in [-0.05, 0) is 36.8 Å². The van der Waals surface area contributed by atoms with E-state index in [-0.39, 0.29) is 5.91 Å². The van der Waals surface area contributed by atoms with E-state index < -0.39 is 6.04 Å². The third kappa shape index (κ3) is 4.81. The summed E-state index contributed by atoms with van der Waals surface area (Å²) in [6, 6.07) is 20.9. The molecule has 2 N–H and O–H groups in total. The van der Waals surface area contributed by atoms with Crippen LogP contribution in [0.2, 0.25) is 0 Å². The molecule has 0 aliphatic rings. The number of aryl methyl sites for hydroxylation is 1. The highest BCUT2D eigenvalue weighted by Crippen LogP contribution is 2.17. The van der Waals surface area contributed by atoms with Crippen molar-refractivity contribution in [1.29, 1.82) is 0 Å². The molecule has 0 aliphatic carbocycles. The first-order chi connectivity index (χ1) is 12.2. The fourth-order valence-electron chi connectivity index (χ4n) is 2.65. The SMILES string of the molecule is Cc1ccc(NC(=O)[C@H](NCCc2ccco2)c2ccccc2)cc1. The minimum Gasteiger partial charge on any atom is -0.469 e. The molecule has 1 aromatic heterocycles. The topological polar surface area (TPSA) is 54.3 Å². The van der Waals surface area contributed by atoms with Gasteiger partial charge in [-0.25, -0.2) is 0 Å². The van der Waals surface area contributed by atoms with E-state index in [1.54, 1.807) is 6.26 Å². The van der Waals surface area contributed by atoms with Crippen molar-refractivity contribution >= 4 is 11.6 Å². The zero-order valence-corrected chi connectivity index (χ0v) is 14.2. The second-order valence-corrected chi connectivity index (χ2v) is 5.98. The summed E-state index contributed by atoms with van der Waals surface area (Å²) in [4.78, 5) is 12.8. The van der Waals surface area contributed by atoms with Crippen molar-refractivity contribution in [2.75, 3.05) is 11.9 Å². The van der Waals surface area contributed by atoms with Crippen LogP contribution < -0.4 is 10.6 Å². The smallest absolute Gasteiger partial charge is 0.246 e. The maximum atomic E-state index is 12.8. The molecule has 1 atom stereocenters. The number of nitrogens with one attached hydrogen (secondary N) is 2. The van der Waals surface area contributed by atoms with Crippen LogP contribution >= 0.6 is 0 Å². The summed E-state index contributed by atoms with van der Waals surface area (Å²) in [6.45, 7) is 2.67. The van der Waals surface area contributed by atoms with Gasteiger partial charge in [0.2, 0.25) is 5.91 Å². The van der Waals surface area contributed by atoms with Gasteiger partial charge in [0.15, 0.2) is 0 Å². The van der Waals surface area contributed by atoms with Gasteiger partial charge in [-0.3, -0.25) is 4.79 Å². The van der Waals surface area contributed by atoms with Crippen LogP contribution in [0, 0.1) is 6.92 Å². The lowest BCUT2D eigenvalue weighted by Gasteiger charge is -2.19. The predicted molar refractivity (Wildman–Crippen MR) is 99.4 cm³/mol. The van der Waals surface area contributed by atoms with Gasteiger partial charge in [0.25, 0.3) is 0 Å². The summed E-state index contributed by atoms with van der Waals surface area (Å²) in [5, 5.41) is 6.32. The van der Waals surface area contributed by atoms with Gasteiger partial charge in [-0.15, -0.1) is 0 Å². The molecular formula is C21H22N2O2. The van der Waals surface area contributed by atoms with E-state index in [1.165, 1.54) is 0 Å². The first-order valence-corrected chi connectivity index (χ1v) is 8.40. The Hall–Kier alpha value is -2.85. The van der Waals surface area contributed by atoms with Gasteiger partial charge in [-0.2, -0.15) is 0 Å². The van der Waals surface area contributed by atoms with Gasteiger partial charge in [-0.1, -0.05) is 48.0 Å².